The lowest BCUT2D eigenvalue weighted by atomic mass is 10.3. The van der Waals surface area contributed by atoms with Crippen LogP contribution in [-0.2, 0) is 16.6 Å². The third-order valence-corrected chi connectivity index (χ3v) is 4.54. The molecule has 6 nitrogen and oxygen atoms in total. The highest BCUT2D eigenvalue weighted by Crippen LogP contribution is 2.13. The van der Waals surface area contributed by atoms with Crippen molar-refractivity contribution in [3.8, 4) is 0 Å². The molecule has 0 fully saturated rings. The van der Waals surface area contributed by atoms with Gasteiger partial charge in [-0.1, -0.05) is 13.3 Å². The highest BCUT2D eigenvalue weighted by atomic mass is 32.2. The predicted octanol–water partition coefficient (Wildman–Crippen LogP) is 0.523. The molecule has 0 saturated carbocycles. The first kappa shape index (κ1) is 15.1. The summed E-state index contributed by atoms with van der Waals surface area (Å²) in [6, 6.07) is 0. The molecule has 7 heteroatoms. The van der Waals surface area contributed by atoms with Gasteiger partial charge < -0.3 is 5.32 Å². The number of hydrogen-bond acceptors (Lipinski definition) is 4. The summed E-state index contributed by atoms with van der Waals surface area (Å²) >= 11 is 0. The molecule has 0 saturated heterocycles. The predicted molar refractivity (Wildman–Crippen MR) is 70.9 cm³/mol. The highest BCUT2D eigenvalue weighted by Gasteiger charge is 2.21. The summed E-state index contributed by atoms with van der Waals surface area (Å²) in [7, 11) is 0.0681. The van der Waals surface area contributed by atoms with E-state index in [9.17, 15) is 8.42 Å². The van der Waals surface area contributed by atoms with E-state index in [0.717, 1.165) is 19.4 Å². The molecule has 0 spiro atoms. The Morgan fingerprint density at radius 1 is 1.50 bits per heavy atom. The third-order valence-electron chi connectivity index (χ3n) is 2.74. The SMILES string of the molecule is CCCCN(C)S(=O)(=O)c1cnn(CCNC)c1. The van der Waals surface area contributed by atoms with Crippen LogP contribution in [0, 0.1) is 0 Å². The van der Waals surface area contributed by atoms with Gasteiger partial charge in [0.05, 0.1) is 12.7 Å². The monoisotopic (exact) mass is 274 g/mol. The van der Waals surface area contributed by atoms with E-state index in [-0.39, 0.29) is 4.90 Å². The topological polar surface area (TPSA) is 67.2 Å². The second-order valence-corrected chi connectivity index (χ2v) is 6.27. The molecule has 0 bridgehead atoms. The quantitative estimate of drug-likeness (QED) is 0.750. The molecule has 1 aromatic heterocycles. The summed E-state index contributed by atoms with van der Waals surface area (Å²) in [5.74, 6) is 0. The summed E-state index contributed by atoms with van der Waals surface area (Å²) < 4.78 is 27.4. The van der Waals surface area contributed by atoms with E-state index in [4.69, 9.17) is 0 Å². The summed E-state index contributed by atoms with van der Waals surface area (Å²) in [6.07, 6.45) is 4.83. The highest BCUT2D eigenvalue weighted by molar-refractivity contribution is 7.89. The van der Waals surface area contributed by atoms with Gasteiger partial charge in [-0.3, -0.25) is 4.68 Å². The van der Waals surface area contributed by atoms with Crippen LogP contribution in [0.5, 0.6) is 0 Å². The molecule has 18 heavy (non-hydrogen) atoms. The Hall–Kier alpha value is -0.920. The zero-order chi connectivity index (χ0) is 13.6. The Morgan fingerprint density at radius 3 is 2.83 bits per heavy atom. The van der Waals surface area contributed by atoms with Crippen LogP contribution in [0.2, 0.25) is 0 Å². The first-order chi connectivity index (χ1) is 8.52. The number of hydrogen-bond donors (Lipinski definition) is 1. The molecule has 0 aliphatic heterocycles. The van der Waals surface area contributed by atoms with E-state index in [1.807, 2.05) is 14.0 Å². The van der Waals surface area contributed by atoms with Crippen molar-refractivity contribution < 1.29 is 8.42 Å². The second-order valence-electron chi connectivity index (χ2n) is 4.22. The van der Waals surface area contributed by atoms with Gasteiger partial charge in [-0.15, -0.1) is 0 Å². The minimum absolute atomic E-state index is 0.261. The van der Waals surface area contributed by atoms with Crippen molar-refractivity contribution in [1.29, 1.82) is 0 Å². The molecule has 0 amide bonds. The van der Waals surface area contributed by atoms with Crippen molar-refractivity contribution >= 4 is 10.0 Å². The van der Waals surface area contributed by atoms with Crippen LogP contribution in [0.1, 0.15) is 19.8 Å². The molecule has 0 atom stereocenters. The Labute approximate surface area is 109 Å². The van der Waals surface area contributed by atoms with E-state index < -0.39 is 10.0 Å². The molecule has 0 aliphatic carbocycles. The van der Waals surface area contributed by atoms with Gasteiger partial charge in [0.15, 0.2) is 0 Å². The van der Waals surface area contributed by atoms with Crippen LogP contribution in [0.4, 0.5) is 0 Å². The number of nitrogens with zero attached hydrogens (tertiary/aromatic N) is 3. The second kappa shape index (κ2) is 6.86. The molecule has 0 radical (unpaired) electrons. The summed E-state index contributed by atoms with van der Waals surface area (Å²) in [5.41, 5.74) is 0. The van der Waals surface area contributed by atoms with Gasteiger partial charge in [0.2, 0.25) is 10.0 Å². The van der Waals surface area contributed by atoms with Crippen molar-refractivity contribution in [2.75, 3.05) is 27.2 Å². The van der Waals surface area contributed by atoms with Crippen molar-refractivity contribution in [3.63, 3.8) is 0 Å². The van der Waals surface area contributed by atoms with Crippen LogP contribution >= 0.6 is 0 Å². The lowest BCUT2D eigenvalue weighted by Gasteiger charge is -2.15. The number of aromatic nitrogens is 2. The van der Waals surface area contributed by atoms with Crippen LogP contribution in [0.25, 0.3) is 0 Å². The normalized spacial score (nSPS) is 12.2. The van der Waals surface area contributed by atoms with E-state index in [2.05, 4.69) is 10.4 Å². The maximum atomic E-state index is 12.2. The Kier molecular flexibility index (Phi) is 5.77. The Morgan fingerprint density at radius 2 is 2.22 bits per heavy atom. The lowest BCUT2D eigenvalue weighted by molar-refractivity contribution is 0.459. The molecule has 0 unspecified atom stereocenters. The van der Waals surface area contributed by atoms with Gasteiger partial charge in [0.1, 0.15) is 4.90 Å². The van der Waals surface area contributed by atoms with E-state index in [1.165, 1.54) is 10.5 Å². The molecule has 104 valence electrons. The first-order valence-electron chi connectivity index (χ1n) is 6.15. The fourth-order valence-corrected chi connectivity index (χ4v) is 2.67. The first-order valence-corrected chi connectivity index (χ1v) is 7.59. The van der Waals surface area contributed by atoms with Crippen LogP contribution in [0.3, 0.4) is 0 Å². The van der Waals surface area contributed by atoms with E-state index in [0.29, 0.717) is 13.1 Å². The average molecular weight is 274 g/mol. The van der Waals surface area contributed by atoms with Gasteiger partial charge in [0.25, 0.3) is 0 Å². The Balaban J connectivity index is 2.75. The summed E-state index contributed by atoms with van der Waals surface area (Å²) in [5, 5.41) is 7.05. The number of rotatable bonds is 8. The molecule has 1 N–H and O–H groups in total. The molecule has 0 aliphatic rings. The molecule has 1 heterocycles. The number of nitrogens with one attached hydrogen (secondary N) is 1. The fourth-order valence-electron chi connectivity index (χ4n) is 1.51. The number of likely N-dealkylation sites (N-methyl/N-ethyl adjacent to an activating group) is 1. The minimum atomic E-state index is -3.39. The van der Waals surface area contributed by atoms with Crippen LogP contribution in [0.15, 0.2) is 17.3 Å². The van der Waals surface area contributed by atoms with Gasteiger partial charge in [0, 0.05) is 26.3 Å². The maximum absolute atomic E-state index is 12.2. The van der Waals surface area contributed by atoms with Gasteiger partial charge >= 0.3 is 0 Å². The van der Waals surface area contributed by atoms with E-state index in [1.54, 1.807) is 17.9 Å². The molecular weight excluding hydrogens is 252 g/mol. The third kappa shape index (κ3) is 3.79. The zero-order valence-corrected chi connectivity index (χ0v) is 12.1. The van der Waals surface area contributed by atoms with Crippen molar-refractivity contribution in [2.45, 2.75) is 31.2 Å². The van der Waals surface area contributed by atoms with Crippen molar-refractivity contribution in [1.82, 2.24) is 19.4 Å². The minimum Gasteiger partial charge on any atom is -0.318 e. The fraction of sp³-hybridized carbons (Fsp3) is 0.727. The summed E-state index contributed by atoms with van der Waals surface area (Å²) in [4.78, 5) is 0.261. The van der Waals surface area contributed by atoms with E-state index >= 15 is 0 Å². The molecular formula is C11H22N4O2S. The maximum Gasteiger partial charge on any atom is 0.245 e. The largest absolute Gasteiger partial charge is 0.318 e. The van der Waals surface area contributed by atoms with Gasteiger partial charge in [-0.05, 0) is 13.5 Å². The molecule has 0 aromatic carbocycles. The van der Waals surface area contributed by atoms with Crippen LogP contribution < -0.4 is 5.32 Å². The average Bonchev–Trinajstić information content (AvgIpc) is 2.82. The zero-order valence-electron chi connectivity index (χ0n) is 11.3. The standard InChI is InChI=1S/C11H22N4O2S/c1-4-5-7-14(3)18(16,17)11-9-13-15(10-11)8-6-12-2/h9-10,12H,4-8H2,1-3H3. The summed E-state index contributed by atoms with van der Waals surface area (Å²) in [6.45, 7) is 3.99. The lowest BCUT2D eigenvalue weighted by Crippen LogP contribution is -2.27. The van der Waals surface area contributed by atoms with Crippen LogP contribution in [-0.4, -0.2) is 49.7 Å². The van der Waals surface area contributed by atoms with Gasteiger partial charge in [-0.2, -0.15) is 5.10 Å². The smallest absolute Gasteiger partial charge is 0.245 e. The Bertz CT molecular complexity index is 455. The number of sulfonamides is 1. The molecule has 1 rings (SSSR count). The number of unbranched alkanes of at least 4 members (excludes halogenated alkanes) is 1. The molecule has 1 aromatic rings. The van der Waals surface area contributed by atoms with Crippen molar-refractivity contribution in [3.05, 3.63) is 12.4 Å². The van der Waals surface area contributed by atoms with Crippen molar-refractivity contribution in [2.24, 2.45) is 0 Å². The van der Waals surface area contributed by atoms with Gasteiger partial charge in [-0.25, -0.2) is 12.7 Å².